The second-order valence-corrected chi connectivity index (χ2v) is 16.9. The van der Waals surface area contributed by atoms with Crippen LogP contribution in [0.3, 0.4) is 0 Å². The second kappa shape index (κ2) is 9.88. The molecular formula is C38H48N2O7. The van der Waals surface area contributed by atoms with Gasteiger partial charge in [0, 0.05) is 46.1 Å². The highest BCUT2D eigenvalue weighted by Gasteiger charge is 2.80. The molecule has 1 unspecified atom stereocenters. The predicted octanol–water partition coefficient (Wildman–Crippen LogP) is 6.65. The molecule has 9 heteroatoms. The maximum Gasteiger partial charge on any atom is 0.417 e. The first kappa shape index (κ1) is 31.0. The smallest absolute Gasteiger partial charge is 0.417 e. The van der Waals surface area contributed by atoms with Crippen molar-refractivity contribution in [1.82, 2.24) is 4.90 Å². The van der Waals surface area contributed by atoms with E-state index in [1.807, 2.05) is 6.07 Å². The van der Waals surface area contributed by atoms with Crippen LogP contribution in [0.5, 0.6) is 17.2 Å². The van der Waals surface area contributed by atoms with E-state index in [0.29, 0.717) is 23.2 Å². The normalized spacial score (nSPS) is 34.6. The Labute approximate surface area is 277 Å². The van der Waals surface area contributed by atoms with E-state index < -0.39 is 17.7 Å². The number of ether oxygens (including phenoxy) is 3. The molecule has 9 nitrogen and oxygen atoms in total. The number of aromatic carboxylic acids is 1. The molecule has 252 valence electrons. The van der Waals surface area contributed by atoms with E-state index in [9.17, 15) is 19.8 Å². The molecule has 2 spiro atoms. The maximum atomic E-state index is 13.4. The van der Waals surface area contributed by atoms with Crippen molar-refractivity contribution >= 4 is 17.7 Å². The standard InChI is InChI=1S/C38H48N2O7/c1-34(2,3)36(5,44)27-19-37-14-13-35(27,4)32-38(37)15-16-40(20-21-7-8-21)28(37)17-22-9-12-25(30(47-32)29(22)38)46-33(43)39-23-10-11-24(31(41)42)26(18-23)45-6/h9-12,18,21,27-28,32,44H,7-8,13-17,19-20H2,1-6H3,(H,39,43)(H,41,42)/t27-,28+,32-,35+,36?,37+,38-/m0/s1. The highest BCUT2D eigenvalue weighted by Crippen LogP contribution is 2.79. The third-order valence-electron chi connectivity index (χ3n) is 13.9. The summed E-state index contributed by atoms with van der Waals surface area (Å²) in [6.45, 7) is 13.1. The van der Waals surface area contributed by atoms with Crippen LogP contribution >= 0.6 is 0 Å². The lowest BCUT2D eigenvalue weighted by atomic mass is 9.31. The van der Waals surface area contributed by atoms with E-state index in [-0.39, 0.29) is 45.0 Å². The minimum absolute atomic E-state index is 0.00632. The molecule has 7 aliphatic rings. The molecule has 3 N–H and O–H groups in total. The molecule has 1 saturated heterocycles. The van der Waals surface area contributed by atoms with E-state index in [1.165, 1.54) is 49.3 Å². The van der Waals surface area contributed by atoms with Gasteiger partial charge in [0.2, 0.25) is 0 Å². The van der Waals surface area contributed by atoms with Crippen LogP contribution in [0.15, 0.2) is 30.3 Å². The summed E-state index contributed by atoms with van der Waals surface area (Å²) in [5, 5.41) is 24.6. The molecule has 2 aromatic rings. The second-order valence-electron chi connectivity index (χ2n) is 16.9. The number of carboxylic acid groups (broad SMARTS) is 1. The number of likely N-dealkylation sites (tertiary alicyclic amines) is 1. The molecule has 0 radical (unpaired) electrons. The number of hydrogen-bond donors (Lipinski definition) is 3. The molecule has 2 heterocycles. The number of fused-ring (bicyclic) bond motifs is 2. The zero-order chi connectivity index (χ0) is 33.3. The summed E-state index contributed by atoms with van der Waals surface area (Å²) in [5.74, 6) is 0.968. The summed E-state index contributed by atoms with van der Waals surface area (Å²) in [6, 6.07) is 8.80. The first-order valence-corrected chi connectivity index (χ1v) is 17.4. The monoisotopic (exact) mass is 644 g/mol. The zero-order valence-electron chi connectivity index (χ0n) is 28.4. The van der Waals surface area contributed by atoms with Crippen LogP contribution in [0.4, 0.5) is 10.5 Å². The van der Waals surface area contributed by atoms with Crippen molar-refractivity contribution in [2.75, 3.05) is 25.5 Å². The largest absolute Gasteiger partial charge is 0.496 e. The van der Waals surface area contributed by atoms with Crippen LogP contribution in [0.25, 0.3) is 0 Å². The van der Waals surface area contributed by atoms with Gasteiger partial charge in [0.25, 0.3) is 0 Å². The third kappa shape index (κ3) is 4.08. The minimum Gasteiger partial charge on any atom is -0.496 e. The average Bonchev–Trinajstić information content (AvgIpc) is 3.75. The predicted molar refractivity (Wildman–Crippen MR) is 177 cm³/mol. The number of carbonyl (C=O) groups excluding carboxylic acids is 1. The number of hydrogen-bond acceptors (Lipinski definition) is 7. The zero-order valence-corrected chi connectivity index (χ0v) is 28.4. The molecule has 0 aromatic heterocycles. The van der Waals surface area contributed by atoms with Gasteiger partial charge < -0.3 is 24.4 Å². The maximum absolute atomic E-state index is 13.4. The number of piperidine rings is 1. The summed E-state index contributed by atoms with van der Waals surface area (Å²) < 4.78 is 18.5. The van der Waals surface area contributed by atoms with Gasteiger partial charge in [-0.25, -0.2) is 9.59 Å². The van der Waals surface area contributed by atoms with Gasteiger partial charge in [0.1, 0.15) is 17.4 Å². The van der Waals surface area contributed by atoms with Crippen LogP contribution in [-0.4, -0.2) is 65.1 Å². The van der Waals surface area contributed by atoms with E-state index in [2.05, 4.69) is 50.9 Å². The fraction of sp³-hybridized carbons (Fsp3) is 0.632. The lowest BCUT2D eigenvalue weighted by molar-refractivity contribution is -0.276. The molecule has 2 aliphatic heterocycles. The Morgan fingerprint density at radius 2 is 1.85 bits per heavy atom. The first-order valence-electron chi connectivity index (χ1n) is 17.4. The quantitative estimate of drug-likeness (QED) is 0.307. The summed E-state index contributed by atoms with van der Waals surface area (Å²) in [7, 11) is 1.39. The highest BCUT2D eigenvalue weighted by molar-refractivity contribution is 5.93. The van der Waals surface area contributed by atoms with Crippen molar-refractivity contribution in [3.8, 4) is 17.2 Å². The van der Waals surface area contributed by atoms with Crippen molar-refractivity contribution < 1.29 is 34.0 Å². The number of benzene rings is 2. The number of rotatable bonds is 7. The molecule has 9 rings (SSSR count). The minimum atomic E-state index is -1.11. The molecule has 2 aromatic carbocycles. The van der Waals surface area contributed by atoms with E-state index in [4.69, 9.17) is 14.2 Å². The summed E-state index contributed by atoms with van der Waals surface area (Å²) in [4.78, 5) is 27.7. The first-order chi connectivity index (χ1) is 22.2. The Hall–Kier alpha value is -3.30. The van der Waals surface area contributed by atoms with Gasteiger partial charge in [-0.05, 0) is 99.4 Å². The Kier molecular flexibility index (Phi) is 6.51. The Balaban J connectivity index is 1.19. The van der Waals surface area contributed by atoms with Gasteiger partial charge in [0.15, 0.2) is 11.5 Å². The summed E-state index contributed by atoms with van der Waals surface area (Å²) in [5.41, 5.74) is 1.19. The van der Waals surface area contributed by atoms with Crippen LogP contribution in [0.2, 0.25) is 0 Å². The van der Waals surface area contributed by atoms with Crippen LogP contribution in [0, 0.1) is 28.1 Å². The number of methoxy groups -OCH3 is 1. The van der Waals surface area contributed by atoms with Crippen molar-refractivity contribution in [3.05, 3.63) is 47.0 Å². The Morgan fingerprint density at radius 3 is 2.53 bits per heavy atom. The van der Waals surface area contributed by atoms with Crippen LogP contribution in [-0.2, 0) is 11.8 Å². The fourth-order valence-electron chi connectivity index (χ4n) is 11.0. The highest BCUT2D eigenvalue weighted by atomic mass is 16.6. The number of amides is 1. The molecular weight excluding hydrogens is 596 g/mol. The molecule has 5 aliphatic carbocycles. The molecule has 4 saturated carbocycles. The molecule has 47 heavy (non-hydrogen) atoms. The molecule has 7 atom stereocenters. The van der Waals surface area contributed by atoms with Gasteiger partial charge in [-0.15, -0.1) is 0 Å². The lowest BCUT2D eigenvalue weighted by Crippen LogP contribution is -2.80. The van der Waals surface area contributed by atoms with Gasteiger partial charge in [-0.1, -0.05) is 33.8 Å². The van der Waals surface area contributed by atoms with Gasteiger partial charge in [0.05, 0.1) is 12.7 Å². The summed E-state index contributed by atoms with van der Waals surface area (Å²) in [6.07, 6.45) is 6.87. The number of nitrogens with zero attached hydrogens (tertiary/aromatic N) is 1. The molecule has 4 bridgehead atoms. The lowest BCUT2D eigenvalue weighted by Gasteiger charge is -2.75. The summed E-state index contributed by atoms with van der Waals surface area (Å²) >= 11 is 0. The van der Waals surface area contributed by atoms with Crippen LogP contribution < -0.4 is 19.5 Å². The van der Waals surface area contributed by atoms with E-state index in [0.717, 1.165) is 51.1 Å². The number of aliphatic hydroxyl groups is 1. The third-order valence-corrected chi connectivity index (χ3v) is 13.9. The van der Waals surface area contributed by atoms with Crippen molar-refractivity contribution in [1.29, 1.82) is 0 Å². The van der Waals surface area contributed by atoms with Crippen molar-refractivity contribution in [2.24, 2.45) is 28.1 Å². The van der Waals surface area contributed by atoms with Gasteiger partial charge in [-0.3, -0.25) is 10.2 Å². The number of nitrogens with one attached hydrogen (secondary N) is 1. The van der Waals surface area contributed by atoms with E-state index >= 15 is 0 Å². The van der Waals surface area contributed by atoms with Crippen LogP contribution in [0.1, 0.15) is 94.6 Å². The van der Waals surface area contributed by atoms with Gasteiger partial charge in [-0.2, -0.15) is 0 Å². The Morgan fingerprint density at radius 1 is 1.09 bits per heavy atom. The van der Waals surface area contributed by atoms with E-state index in [1.54, 1.807) is 0 Å². The fourth-order valence-corrected chi connectivity index (χ4v) is 11.0. The average molecular weight is 645 g/mol. The SMILES string of the molecule is COc1cc(NC(=O)Oc2ccc3c4c2O[C@H]2[C@]5(C)CC[C@@]6(C[C@@H]5C(C)(O)C(C)(C)C)[C@@H](C3)N(CC3CC3)CC[C@]426)ccc1C(=O)O. The topological polar surface area (TPSA) is 118 Å². The van der Waals surface area contributed by atoms with Gasteiger partial charge >= 0.3 is 12.1 Å². The Bertz CT molecular complexity index is 1680. The van der Waals surface area contributed by atoms with Crippen molar-refractivity contribution in [2.45, 2.75) is 103 Å². The van der Waals surface area contributed by atoms with Crippen molar-refractivity contribution in [3.63, 3.8) is 0 Å². The number of carboxylic acids is 1. The number of carbonyl (C=O) groups is 2. The molecule has 1 amide bonds. The number of anilines is 1. The molecule has 5 fully saturated rings.